The van der Waals surface area contributed by atoms with Gasteiger partial charge in [-0.05, 0) is 29.4 Å². The van der Waals surface area contributed by atoms with Crippen molar-refractivity contribution in [1.82, 2.24) is 5.32 Å². The van der Waals surface area contributed by atoms with Gasteiger partial charge in [0.15, 0.2) is 0 Å². The van der Waals surface area contributed by atoms with Crippen LogP contribution in [0.25, 0.3) is 0 Å². The van der Waals surface area contributed by atoms with E-state index in [2.05, 4.69) is 50.4 Å². The molecule has 0 atom stereocenters. The van der Waals surface area contributed by atoms with E-state index in [0.29, 0.717) is 6.54 Å². The number of nitrogens with one attached hydrogen (secondary N) is 1. The zero-order chi connectivity index (χ0) is 13.2. The third-order valence-corrected chi connectivity index (χ3v) is 3.74. The molecule has 0 aliphatic heterocycles. The lowest BCUT2D eigenvalue weighted by Crippen LogP contribution is -2.34. The van der Waals surface area contributed by atoms with Gasteiger partial charge in [-0.15, -0.1) is 0 Å². The van der Waals surface area contributed by atoms with Crippen molar-refractivity contribution in [3.8, 4) is 0 Å². The molecule has 0 saturated heterocycles. The minimum atomic E-state index is 0.161. The first-order chi connectivity index (χ1) is 8.47. The van der Waals surface area contributed by atoms with Gasteiger partial charge in [-0.1, -0.05) is 51.5 Å². The second-order valence-corrected chi connectivity index (χ2v) is 6.30. The van der Waals surface area contributed by atoms with Crippen molar-refractivity contribution in [2.75, 3.05) is 0 Å². The van der Waals surface area contributed by atoms with E-state index >= 15 is 0 Å². The lowest BCUT2D eigenvalue weighted by molar-refractivity contribution is -0.127. The zero-order valence-electron chi connectivity index (χ0n) is 11.6. The molecule has 0 bridgehead atoms. The molecule has 0 radical (unpaired) electrons. The van der Waals surface area contributed by atoms with Crippen molar-refractivity contribution in [1.29, 1.82) is 0 Å². The molecule has 1 N–H and O–H groups in total. The number of hydrogen-bond acceptors (Lipinski definition) is 1. The van der Waals surface area contributed by atoms with Crippen LogP contribution >= 0.6 is 0 Å². The highest BCUT2D eigenvalue weighted by Gasteiger charge is 2.24. The molecule has 1 fully saturated rings. The number of carbonyl (C=O) groups excluding carboxylic acids is 1. The maximum atomic E-state index is 11.8. The van der Waals surface area contributed by atoms with Crippen molar-refractivity contribution in [2.45, 2.75) is 52.0 Å². The second kappa shape index (κ2) is 5.13. The largest absolute Gasteiger partial charge is 0.352 e. The van der Waals surface area contributed by atoms with E-state index in [-0.39, 0.29) is 17.2 Å². The summed E-state index contributed by atoms with van der Waals surface area (Å²) < 4.78 is 0. The van der Waals surface area contributed by atoms with Crippen LogP contribution < -0.4 is 5.32 Å². The molecule has 2 nitrogen and oxygen atoms in total. The standard InChI is InChI=1S/C16H23NO/c1-16(2,3)14-9-4-6-12(10-14)11-17-15(18)13-7-5-8-13/h4,6,9-10,13H,5,7-8,11H2,1-3H3,(H,17,18). The summed E-state index contributed by atoms with van der Waals surface area (Å²) in [5, 5.41) is 3.04. The first kappa shape index (κ1) is 13.1. The molecule has 2 heteroatoms. The molecule has 98 valence electrons. The normalized spacial score (nSPS) is 16.2. The van der Waals surface area contributed by atoms with Gasteiger partial charge in [-0.25, -0.2) is 0 Å². The van der Waals surface area contributed by atoms with Gasteiger partial charge in [0.2, 0.25) is 5.91 Å². The Morgan fingerprint density at radius 1 is 1.33 bits per heavy atom. The van der Waals surface area contributed by atoms with Gasteiger partial charge in [0.25, 0.3) is 0 Å². The van der Waals surface area contributed by atoms with E-state index in [4.69, 9.17) is 0 Å². The molecular weight excluding hydrogens is 222 g/mol. The summed E-state index contributed by atoms with van der Waals surface area (Å²) in [6.07, 6.45) is 3.33. The van der Waals surface area contributed by atoms with E-state index in [9.17, 15) is 4.79 Å². The molecular formula is C16H23NO. The summed E-state index contributed by atoms with van der Waals surface area (Å²) in [7, 11) is 0. The highest BCUT2D eigenvalue weighted by molar-refractivity contribution is 5.79. The van der Waals surface area contributed by atoms with E-state index in [1.165, 1.54) is 17.5 Å². The summed E-state index contributed by atoms with van der Waals surface area (Å²) in [5.74, 6) is 0.498. The van der Waals surface area contributed by atoms with Gasteiger partial charge in [0.05, 0.1) is 0 Å². The molecule has 2 rings (SSSR count). The predicted octanol–water partition coefficient (Wildman–Crippen LogP) is 3.40. The predicted molar refractivity (Wildman–Crippen MR) is 74.3 cm³/mol. The van der Waals surface area contributed by atoms with E-state index in [0.717, 1.165) is 12.8 Å². The van der Waals surface area contributed by atoms with Crippen LogP contribution in [0.3, 0.4) is 0 Å². The quantitative estimate of drug-likeness (QED) is 0.868. The van der Waals surface area contributed by atoms with Crippen LogP contribution in [0.1, 0.15) is 51.2 Å². The summed E-state index contributed by atoms with van der Waals surface area (Å²) in [5.41, 5.74) is 2.67. The fraction of sp³-hybridized carbons (Fsp3) is 0.562. The first-order valence-electron chi connectivity index (χ1n) is 6.84. The molecule has 1 aliphatic carbocycles. The van der Waals surface area contributed by atoms with Crippen molar-refractivity contribution in [3.05, 3.63) is 35.4 Å². The summed E-state index contributed by atoms with van der Waals surface area (Å²) in [4.78, 5) is 11.8. The van der Waals surface area contributed by atoms with E-state index in [1.54, 1.807) is 0 Å². The smallest absolute Gasteiger partial charge is 0.223 e. The molecule has 0 aromatic heterocycles. The Labute approximate surface area is 110 Å². The molecule has 1 amide bonds. The Morgan fingerprint density at radius 3 is 2.61 bits per heavy atom. The minimum absolute atomic E-state index is 0.161. The Bertz CT molecular complexity index is 427. The molecule has 1 aromatic rings. The SMILES string of the molecule is CC(C)(C)c1cccc(CNC(=O)C2CCC2)c1. The maximum Gasteiger partial charge on any atom is 0.223 e. The number of benzene rings is 1. The first-order valence-corrected chi connectivity index (χ1v) is 6.84. The molecule has 1 saturated carbocycles. The Balaban J connectivity index is 1.95. The molecule has 18 heavy (non-hydrogen) atoms. The minimum Gasteiger partial charge on any atom is -0.352 e. The zero-order valence-corrected chi connectivity index (χ0v) is 11.6. The van der Waals surface area contributed by atoms with Crippen LogP contribution in [-0.4, -0.2) is 5.91 Å². The van der Waals surface area contributed by atoms with E-state index < -0.39 is 0 Å². The average Bonchev–Trinajstić information content (AvgIpc) is 2.23. The monoisotopic (exact) mass is 245 g/mol. The van der Waals surface area contributed by atoms with Gasteiger partial charge < -0.3 is 5.32 Å². The average molecular weight is 245 g/mol. The van der Waals surface area contributed by atoms with Crippen molar-refractivity contribution in [2.24, 2.45) is 5.92 Å². The van der Waals surface area contributed by atoms with Gasteiger partial charge in [0.1, 0.15) is 0 Å². The molecule has 0 heterocycles. The Morgan fingerprint density at radius 2 is 2.06 bits per heavy atom. The highest BCUT2D eigenvalue weighted by atomic mass is 16.1. The topological polar surface area (TPSA) is 29.1 Å². The van der Waals surface area contributed by atoms with E-state index in [1.807, 2.05) is 0 Å². The van der Waals surface area contributed by atoms with Crippen LogP contribution in [-0.2, 0) is 16.8 Å². The third-order valence-electron chi connectivity index (χ3n) is 3.74. The van der Waals surface area contributed by atoms with Crippen LogP contribution in [0, 0.1) is 5.92 Å². The van der Waals surface area contributed by atoms with Crippen molar-refractivity contribution < 1.29 is 4.79 Å². The Hall–Kier alpha value is -1.31. The molecule has 0 unspecified atom stereocenters. The molecule has 0 spiro atoms. The third kappa shape index (κ3) is 3.12. The number of hydrogen-bond donors (Lipinski definition) is 1. The van der Waals surface area contributed by atoms with Crippen LogP contribution in [0.5, 0.6) is 0 Å². The number of amides is 1. The van der Waals surface area contributed by atoms with Crippen molar-refractivity contribution in [3.63, 3.8) is 0 Å². The summed E-state index contributed by atoms with van der Waals surface area (Å²) in [6.45, 7) is 7.27. The molecule has 1 aliphatic rings. The Kier molecular flexibility index (Phi) is 3.74. The highest BCUT2D eigenvalue weighted by Crippen LogP contribution is 2.26. The van der Waals surface area contributed by atoms with Crippen LogP contribution in [0.2, 0.25) is 0 Å². The van der Waals surface area contributed by atoms with Crippen LogP contribution in [0.4, 0.5) is 0 Å². The van der Waals surface area contributed by atoms with Gasteiger partial charge in [0, 0.05) is 12.5 Å². The fourth-order valence-electron chi connectivity index (χ4n) is 2.15. The van der Waals surface area contributed by atoms with Gasteiger partial charge in [-0.2, -0.15) is 0 Å². The molecule has 1 aromatic carbocycles. The fourth-order valence-corrected chi connectivity index (χ4v) is 2.15. The number of carbonyl (C=O) groups is 1. The maximum absolute atomic E-state index is 11.8. The van der Waals surface area contributed by atoms with Gasteiger partial charge >= 0.3 is 0 Å². The van der Waals surface area contributed by atoms with Gasteiger partial charge in [-0.3, -0.25) is 4.79 Å². The van der Waals surface area contributed by atoms with Crippen LogP contribution in [0.15, 0.2) is 24.3 Å². The lowest BCUT2D eigenvalue weighted by atomic mass is 9.84. The summed E-state index contributed by atoms with van der Waals surface area (Å²) >= 11 is 0. The summed E-state index contributed by atoms with van der Waals surface area (Å²) in [6, 6.07) is 8.50. The lowest BCUT2D eigenvalue weighted by Gasteiger charge is -2.24. The number of rotatable bonds is 3. The van der Waals surface area contributed by atoms with Crippen molar-refractivity contribution >= 4 is 5.91 Å². The second-order valence-electron chi connectivity index (χ2n) is 6.30.